The van der Waals surface area contributed by atoms with Crippen molar-refractivity contribution in [2.24, 2.45) is 20.6 Å². The van der Waals surface area contributed by atoms with Gasteiger partial charge in [0.15, 0.2) is 0 Å². The molecule has 4 aromatic rings. The van der Waals surface area contributed by atoms with Gasteiger partial charge >= 0.3 is 0 Å². The third kappa shape index (κ3) is 6.58. The maximum atomic E-state index is 4.85. The van der Waals surface area contributed by atoms with Crippen molar-refractivity contribution in [1.29, 1.82) is 0 Å². The second-order valence-corrected chi connectivity index (χ2v) is 14.4. The van der Waals surface area contributed by atoms with E-state index < -0.39 is 0 Å². The summed E-state index contributed by atoms with van der Waals surface area (Å²) in [6.45, 7) is 9.09. The number of hydrogen-bond acceptors (Lipinski definition) is 5. The lowest BCUT2D eigenvalue weighted by molar-refractivity contribution is 0.647. The number of benzene rings is 2. The highest BCUT2D eigenvalue weighted by Gasteiger charge is 2.22. The fraction of sp³-hybridized carbons (Fsp3) is 0.278. The smallest absolute Gasteiger partial charge is 0.115 e. The molecule has 0 unspecified atom stereocenters. The van der Waals surface area contributed by atoms with Gasteiger partial charge in [-0.3, -0.25) is 0 Å². The Kier molecular flexibility index (Phi) is 8.57. The van der Waals surface area contributed by atoms with Gasteiger partial charge in [-0.05, 0) is 84.0 Å². The summed E-state index contributed by atoms with van der Waals surface area (Å²) < 4.78 is 9.69. The molecule has 208 valence electrons. The van der Waals surface area contributed by atoms with Crippen LogP contribution in [0.5, 0.6) is 0 Å². The van der Waals surface area contributed by atoms with E-state index in [0.29, 0.717) is 11.8 Å². The van der Waals surface area contributed by atoms with Crippen molar-refractivity contribution >= 4 is 57.4 Å². The Bertz CT molecular complexity index is 1520. The molecule has 0 spiro atoms. The lowest BCUT2D eigenvalue weighted by Crippen LogP contribution is -2.08. The Morgan fingerprint density at radius 2 is 0.927 bits per heavy atom. The van der Waals surface area contributed by atoms with E-state index >= 15 is 0 Å². The molecule has 6 rings (SSSR count). The van der Waals surface area contributed by atoms with E-state index in [1.54, 1.807) is 0 Å². The molecule has 0 N–H and O–H groups in total. The van der Waals surface area contributed by atoms with Crippen molar-refractivity contribution in [3.63, 3.8) is 0 Å². The summed E-state index contributed by atoms with van der Waals surface area (Å²) in [6.07, 6.45) is 8.60. The van der Waals surface area contributed by atoms with Gasteiger partial charge in [0.1, 0.15) is 12.1 Å². The lowest BCUT2D eigenvalue weighted by Gasteiger charge is -2.13. The van der Waals surface area contributed by atoms with Crippen LogP contribution in [0.15, 0.2) is 93.7 Å². The van der Waals surface area contributed by atoms with Crippen molar-refractivity contribution in [2.45, 2.75) is 53.4 Å². The molecule has 2 nitrogen and oxygen atoms in total. The van der Waals surface area contributed by atoms with E-state index in [4.69, 9.17) is 8.80 Å². The highest BCUT2D eigenvalue weighted by atomic mass is 32.2. The predicted octanol–water partition coefficient (Wildman–Crippen LogP) is 11.3. The van der Waals surface area contributed by atoms with Crippen LogP contribution in [0.1, 0.15) is 61.4 Å². The molecule has 2 aromatic carbocycles. The second kappa shape index (κ2) is 12.5. The average molecular weight is 593 g/mol. The molecule has 41 heavy (non-hydrogen) atoms. The minimum atomic E-state index is 0.669. The van der Waals surface area contributed by atoms with Crippen molar-refractivity contribution in [3.05, 3.63) is 106 Å². The molecule has 0 amide bonds. The molecule has 2 bridgehead atoms. The van der Waals surface area contributed by atoms with Gasteiger partial charge in [-0.1, -0.05) is 88.4 Å². The fourth-order valence-electron chi connectivity index (χ4n) is 5.45. The van der Waals surface area contributed by atoms with Crippen LogP contribution < -0.4 is 0 Å². The minimum absolute atomic E-state index is 0.669. The first-order chi connectivity index (χ1) is 19.9. The van der Waals surface area contributed by atoms with E-state index in [-0.39, 0.29) is 0 Å². The van der Waals surface area contributed by atoms with Gasteiger partial charge in [0.05, 0.1) is 11.4 Å². The SMILES string of the molecule is CC(C)Cc1ccc(-c2ccc(/C3=C/C=C(/c4ccc(-c5ccc(CC(C)C)cc5)s4)C4=NSN=C3CC4)s2)cc1. The van der Waals surface area contributed by atoms with Crippen LogP contribution >= 0.6 is 34.8 Å². The van der Waals surface area contributed by atoms with Crippen molar-refractivity contribution in [2.75, 3.05) is 0 Å². The molecule has 0 saturated heterocycles. The number of hydrogen-bond donors (Lipinski definition) is 0. The molecule has 2 aromatic heterocycles. The van der Waals surface area contributed by atoms with Gasteiger partial charge < -0.3 is 0 Å². The Morgan fingerprint density at radius 1 is 0.537 bits per heavy atom. The fourth-order valence-corrected chi connectivity index (χ4v) is 8.19. The second-order valence-electron chi connectivity index (χ2n) is 11.7. The van der Waals surface area contributed by atoms with Crippen LogP contribution in [0, 0.1) is 11.8 Å². The summed E-state index contributed by atoms with van der Waals surface area (Å²) in [5, 5.41) is 0. The number of thiophene rings is 2. The molecule has 1 aliphatic carbocycles. The van der Waals surface area contributed by atoms with Gasteiger partial charge in [0.2, 0.25) is 0 Å². The third-order valence-corrected chi connectivity index (χ3v) is 10.4. The Balaban J connectivity index is 1.28. The predicted molar refractivity (Wildman–Crippen MR) is 184 cm³/mol. The summed E-state index contributed by atoms with van der Waals surface area (Å²) in [6, 6.07) is 27.2. The molecule has 0 atom stereocenters. The van der Waals surface area contributed by atoms with Crippen LogP contribution in [-0.2, 0) is 12.8 Å². The summed E-state index contributed by atoms with van der Waals surface area (Å²) in [5.41, 5.74) is 10.1. The minimum Gasteiger partial charge on any atom is -0.197 e. The van der Waals surface area contributed by atoms with Crippen LogP contribution in [-0.4, -0.2) is 11.4 Å². The topological polar surface area (TPSA) is 24.7 Å². The molecule has 5 heteroatoms. The maximum Gasteiger partial charge on any atom is 0.115 e. The zero-order valence-corrected chi connectivity index (χ0v) is 26.6. The summed E-state index contributed by atoms with van der Waals surface area (Å²) in [4.78, 5) is 5.12. The number of rotatable bonds is 8. The first kappa shape index (κ1) is 28.1. The Labute approximate surface area is 257 Å². The van der Waals surface area contributed by atoms with Gasteiger partial charge in [0, 0.05) is 30.7 Å². The third-order valence-electron chi connectivity index (χ3n) is 7.45. The van der Waals surface area contributed by atoms with Crippen LogP contribution in [0.4, 0.5) is 0 Å². The number of allylic oxidation sites excluding steroid dienone is 4. The monoisotopic (exact) mass is 592 g/mol. The van der Waals surface area contributed by atoms with Gasteiger partial charge in [-0.25, -0.2) is 0 Å². The Morgan fingerprint density at radius 3 is 1.32 bits per heavy atom. The molecular formula is C36H36N2S3. The van der Waals surface area contributed by atoms with E-state index in [2.05, 4.69) is 113 Å². The summed E-state index contributed by atoms with van der Waals surface area (Å²) in [5.74, 6) is 1.34. The number of fused-ring (bicyclic) bond motifs is 3. The molecular weight excluding hydrogens is 557 g/mol. The van der Waals surface area contributed by atoms with E-state index in [1.165, 1.54) is 65.0 Å². The number of nitrogens with zero attached hydrogens (tertiary/aromatic N) is 2. The standard InChI is InChI=1S/C36H36N2S3/c1-23(2)21-25-5-9-27(10-6-25)33-17-19-35(39-33)29-13-14-30(32-16-15-31(29)37-41-38-32)36-20-18-34(40-36)28-11-7-26(8-12-28)22-24(3)4/h5-14,17-20,23-24H,15-16,21-22H2,1-4H3/b29-13+,30-14+. The normalized spacial score (nSPS) is 17.8. The van der Waals surface area contributed by atoms with E-state index in [0.717, 1.165) is 37.1 Å². The first-order valence-corrected chi connectivity index (χ1v) is 16.9. The van der Waals surface area contributed by atoms with Crippen molar-refractivity contribution in [3.8, 4) is 20.9 Å². The zero-order chi connectivity index (χ0) is 28.3. The zero-order valence-electron chi connectivity index (χ0n) is 24.2. The highest BCUT2D eigenvalue weighted by Crippen LogP contribution is 2.39. The lowest BCUT2D eigenvalue weighted by atomic mass is 9.94. The van der Waals surface area contributed by atoms with Crippen LogP contribution in [0.25, 0.3) is 32.0 Å². The molecule has 0 saturated carbocycles. The van der Waals surface area contributed by atoms with Gasteiger partial charge in [-0.15, -0.1) is 22.7 Å². The molecule has 0 radical (unpaired) electrons. The average Bonchev–Trinajstić information content (AvgIpc) is 3.58. The van der Waals surface area contributed by atoms with E-state index in [1.807, 2.05) is 22.7 Å². The van der Waals surface area contributed by atoms with E-state index in [9.17, 15) is 0 Å². The molecule has 0 fully saturated rings. The quantitative estimate of drug-likeness (QED) is 0.187. The Hall–Kier alpha value is -2.99. The molecule has 2 aliphatic rings. The summed E-state index contributed by atoms with van der Waals surface area (Å²) >= 11 is 5.04. The summed E-state index contributed by atoms with van der Waals surface area (Å²) in [7, 11) is 0. The molecule has 1 aliphatic heterocycles. The maximum absolute atomic E-state index is 4.85. The largest absolute Gasteiger partial charge is 0.197 e. The van der Waals surface area contributed by atoms with Crippen molar-refractivity contribution in [1.82, 2.24) is 0 Å². The van der Waals surface area contributed by atoms with Gasteiger partial charge in [-0.2, -0.15) is 8.80 Å². The van der Waals surface area contributed by atoms with Crippen LogP contribution in [0.2, 0.25) is 0 Å². The van der Waals surface area contributed by atoms with Crippen LogP contribution in [0.3, 0.4) is 0 Å². The highest BCUT2D eigenvalue weighted by molar-refractivity contribution is 7.97. The molecule has 3 heterocycles. The van der Waals surface area contributed by atoms with Crippen molar-refractivity contribution < 1.29 is 0 Å². The first-order valence-electron chi connectivity index (χ1n) is 14.5. The van der Waals surface area contributed by atoms with Gasteiger partial charge in [0.25, 0.3) is 0 Å².